The van der Waals surface area contributed by atoms with Gasteiger partial charge in [-0.05, 0) is 49.7 Å². The van der Waals surface area contributed by atoms with E-state index in [1.165, 1.54) is 0 Å². The first-order chi connectivity index (χ1) is 10.7. The molecule has 0 saturated carbocycles. The number of amides is 1. The van der Waals surface area contributed by atoms with Crippen molar-refractivity contribution in [2.45, 2.75) is 13.8 Å². The molecule has 22 heavy (non-hydrogen) atoms. The van der Waals surface area contributed by atoms with Crippen LogP contribution >= 0.6 is 0 Å². The van der Waals surface area contributed by atoms with Crippen LogP contribution in [-0.4, -0.2) is 12.5 Å². The summed E-state index contributed by atoms with van der Waals surface area (Å²) in [6.45, 7) is 4.50. The van der Waals surface area contributed by atoms with E-state index >= 15 is 0 Å². The number of hydrogen-bond donors (Lipinski definition) is 1. The molecule has 0 fully saturated rings. The molecule has 0 aliphatic carbocycles. The average molecular weight is 295 g/mol. The number of carbonyl (C=O) groups is 1. The van der Waals surface area contributed by atoms with Crippen LogP contribution in [0.1, 0.15) is 23.0 Å². The molecular formula is C18H17NO3. The molecule has 1 amide bonds. The minimum absolute atomic E-state index is 0.264. The van der Waals surface area contributed by atoms with Crippen molar-refractivity contribution in [2.24, 2.45) is 0 Å². The molecule has 3 rings (SSSR count). The number of ether oxygens (including phenoxy) is 1. The van der Waals surface area contributed by atoms with Crippen molar-refractivity contribution in [3.8, 4) is 5.75 Å². The number of furan rings is 1. The third-order valence-electron chi connectivity index (χ3n) is 3.39. The number of fused-ring (bicyclic) bond motifs is 1. The van der Waals surface area contributed by atoms with E-state index in [0.717, 1.165) is 22.3 Å². The van der Waals surface area contributed by atoms with E-state index in [0.29, 0.717) is 18.1 Å². The Labute approximate surface area is 128 Å². The number of nitrogens with one attached hydrogen (secondary N) is 1. The number of benzene rings is 2. The number of carbonyl (C=O) groups excluding carboxylic acids is 1. The highest BCUT2D eigenvalue weighted by atomic mass is 16.5. The van der Waals surface area contributed by atoms with Crippen molar-refractivity contribution in [3.63, 3.8) is 0 Å². The molecule has 1 aromatic heterocycles. The highest BCUT2D eigenvalue weighted by molar-refractivity contribution is 6.04. The Kier molecular flexibility index (Phi) is 3.83. The van der Waals surface area contributed by atoms with Crippen LogP contribution < -0.4 is 10.1 Å². The second-order valence-corrected chi connectivity index (χ2v) is 5.02. The van der Waals surface area contributed by atoms with Gasteiger partial charge in [0.15, 0.2) is 5.76 Å². The number of para-hydroxylation sites is 1. The normalized spacial score (nSPS) is 10.6. The van der Waals surface area contributed by atoms with E-state index < -0.39 is 0 Å². The monoisotopic (exact) mass is 295 g/mol. The van der Waals surface area contributed by atoms with E-state index in [9.17, 15) is 4.79 Å². The molecule has 0 saturated heterocycles. The van der Waals surface area contributed by atoms with Crippen LogP contribution in [-0.2, 0) is 0 Å². The summed E-state index contributed by atoms with van der Waals surface area (Å²) >= 11 is 0. The van der Waals surface area contributed by atoms with Gasteiger partial charge in [0.2, 0.25) is 0 Å². The Morgan fingerprint density at radius 2 is 1.95 bits per heavy atom. The lowest BCUT2D eigenvalue weighted by atomic mass is 10.2. The zero-order chi connectivity index (χ0) is 15.5. The van der Waals surface area contributed by atoms with E-state index in [1.54, 1.807) is 18.2 Å². The fourth-order valence-electron chi connectivity index (χ4n) is 2.31. The largest absolute Gasteiger partial charge is 0.494 e. The maximum Gasteiger partial charge on any atom is 0.291 e. The minimum atomic E-state index is -0.264. The summed E-state index contributed by atoms with van der Waals surface area (Å²) in [5, 5.41) is 3.75. The van der Waals surface area contributed by atoms with Gasteiger partial charge in [0.25, 0.3) is 5.91 Å². The summed E-state index contributed by atoms with van der Waals surface area (Å²) in [6, 6.07) is 14.8. The lowest BCUT2D eigenvalue weighted by molar-refractivity contribution is 0.0998. The molecule has 3 aromatic rings. The predicted molar refractivity (Wildman–Crippen MR) is 86.5 cm³/mol. The SMILES string of the molecule is CCOc1ccc(NC(=O)c2cc3cccc(C)c3o2)cc1. The molecule has 112 valence electrons. The van der Waals surface area contributed by atoms with Crippen LogP contribution in [0, 0.1) is 6.92 Å². The fourth-order valence-corrected chi connectivity index (χ4v) is 2.31. The molecule has 1 N–H and O–H groups in total. The summed E-state index contributed by atoms with van der Waals surface area (Å²) in [7, 11) is 0. The molecule has 0 radical (unpaired) electrons. The van der Waals surface area contributed by atoms with E-state index in [1.807, 2.05) is 44.2 Å². The van der Waals surface area contributed by atoms with Gasteiger partial charge in [-0.1, -0.05) is 18.2 Å². The highest BCUT2D eigenvalue weighted by Gasteiger charge is 2.13. The van der Waals surface area contributed by atoms with Crippen molar-refractivity contribution in [2.75, 3.05) is 11.9 Å². The van der Waals surface area contributed by atoms with Gasteiger partial charge in [0.1, 0.15) is 11.3 Å². The summed E-state index contributed by atoms with van der Waals surface area (Å²) in [5.74, 6) is 0.817. The summed E-state index contributed by atoms with van der Waals surface area (Å²) < 4.78 is 11.0. The molecule has 1 heterocycles. The van der Waals surface area contributed by atoms with Crippen LogP contribution in [0.2, 0.25) is 0 Å². The van der Waals surface area contributed by atoms with Crippen LogP contribution in [0.15, 0.2) is 52.9 Å². The smallest absolute Gasteiger partial charge is 0.291 e. The lowest BCUT2D eigenvalue weighted by Crippen LogP contribution is -2.10. The number of hydrogen-bond acceptors (Lipinski definition) is 3. The maximum atomic E-state index is 12.3. The quantitative estimate of drug-likeness (QED) is 0.776. The molecule has 0 aliphatic heterocycles. The maximum absolute atomic E-state index is 12.3. The van der Waals surface area contributed by atoms with Crippen LogP contribution in [0.5, 0.6) is 5.75 Å². The first kappa shape index (κ1) is 14.2. The van der Waals surface area contributed by atoms with Gasteiger partial charge in [-0.3, -0.25) is 4.79 Å². The minimum Gasteiger partial charge on any atom is -0.494 e. The van der Waals surface area contributed by atoms with Gasteiger partial charge < -0.3 is 14.5 Å². The fraction of sp³-hybridized carbons (Fsp3) is 0.167. The van der Waals surface area contributed by atoms with E-state index in [4.69, 9.17) is 9.15 Å². The molecule has 2 aromatic carbocycles. The molecule has 4 heteroatoms. The Morgan fingerprint density at radius 1 is 1.18 bits per heavy atom. The topological polar surface area (TPSA) is 51.5 Å². The van der Waals surface area contributed by atoms with E-state index in [-0.39, 0.29) is 5.91 Å². The second kappa shape index (κ2) is 5.93. The number of anilines is 1. The Bertz CT molecular complexity index is 803. The van der Waals surface area contributed by atoms with Gasteiger partial charge >= 0.3 is 0 Å². The van der Waals surface area contributed by atoms with E-state index in [2.05, 4.69) is 5.32 Å². The van der Waals surface area contributed by atoms with Crippen molar-refractivity contribution in [3.05, 3.63) is 59.9 Å². The predicted octanol–water partition coefficient (Wildman–Crippen LogP) is 4.39. The highest BCUT2D eigenvalue weighted by Crippen LogP contribution is 2.23. The summed E-state index contributed by atoms with van der Waals surface area (Å²) in [5.41, 5.74) is 2.46. The first-order valence-electron chi connectivity index (χ1n) is 7.21. The average Bonchev–Trinajstić information content (AvgIpc) is 2.95. The first-order valence-corrected chi connectivity index (χ1v) is 7.21. The lowest BCUT2D eigenvalue weighted by Gasteiger charge is -2.05. The van der Waals surface area contributed by atoms with Crippen molar-refractivity contribution < 1.29 is 13.9 Å². The zero-order valence-electron chi connectivity index (χ0n) is 12.6. The van der Waals surface area contributed by atoms with Crippen LogP contribution in [0.25, 0.3) is 11.0 Å². The van der Waals surface area contributed by atoms with Crippen molar-refractivity contribution >= 4 is 22.6 Å². The van der Waals surface area contributed by atoms with Crippen molar-refractivity contribution in [1.82, 2.24) is 0 Å². The van der Waals surface area contributed by atoms with Gasteiger partial charge in [-0.25, -0.2) is 0 Å². The van der Waals surface area contributed by atoms with Gasteiger partial charge in [-0.2, -0.15) is 0 Å². The van der Waals surface area contributed by atoms with Crippen molar-refractivity contribution in [1.29, 1.82) is 0 Å². The Hall–Kier alpha value is -2.75. The van der Waals surface area contributed by atoms with Crippen LogP contribution in [0.4, 0.5) is 5.69 Å². The molecule has 0 spiro atoms. The third kappa shape index (κ3) is 2.81. The standard InChI is InChI=1S/C18H17NO3/c1-3-21-15-9-7-14(8-10-15)19-18(20)16-11-13-6-4-5-12(2)17(13)22-16/h4-11H,3H2,1-2H3,(H,19,20). The third-order valence-corrected chi connectivity index (χ3v) is 3.39. The molecule has 0 atom stereocenters. The summed E-state index contributed by atoms with van der Waals surface area (Å²) in [6.07, 6.45) is 0. The van der Waals surface area contributed by atoms with Gasteiger partial charge in [0, 0.05) is 11.1 Å². The van der Waals surface area contributed by atoms with Crippen LogP contribution in [0.3, 0.4) is 0 Å². The van der Waals surface area contributed by atoms with Gasteiger partial charge in [0.05, 0.1) is 6.61 Å². The molecule has 4 nitrogen and oxygen atoms in total. The Morgan fingerprint density at radius 3 is 2.64 bits per heavy atom. The zero-order valence-corrected chi connectivity index (χ0v) is 12.6. The molecule has 0 aliphatic rings. The number of rotatable bonds is 4. The molecule has 0 unspecified atom stereocenters. The number of aryl methyl sites for hydroxylation is 1. The molecular weight excluding hydrogens is 278 g/mol. The Balaban J connectivity index is 1.79. The van der Waals surface area contributed by atoms with Gasteiger partial charge in [-0.15, -0.1) is 0 Å². The second-order valence-electron chi connectivity index (χ2n) is 5.02. The molecule has 0 bridgehead atoms. The summed E-state index contributed by atoms with van der Waals surface area (Å²) in [4.78, 5) is 12.3.